The number of nitro groups is 1. The first-order valence-corrected chi connectivity index (χ1v) is 6.49. The maximum Gasteiger partial charge on any atom is 0.516 e. The minimum Gasteiger partial charge on any atom is -0.429 e. The summed E-state index contributed by atoms with van der Waals surface area (Å²) in [5.74, 6) is -0.815. The molecule has 2 rings (SSSR count). The number of carbonyl (C=O) groups excluding carboxylic acids is 2. The number of non-ortho nitro benzene ring substituents is 1. The van der Waals surface area contributed by atoms with Crippen LogP contribution in [0.25, 0.3) is 0 Å². The summed E-state index contributed by atoms with van der Waals surface area (Å²) in [5.41, 5.74) is 0.441. The van der Waals surface area contributed by atoms with E-state index in [2.05, 4.69) is 10.1 Å². The maximum atomic E-state index is 11.6. The SMILES string of the molecule is O=C(OCc1ccc([N+](=O)[O-])cc1)OC(=O)C1CC(O)CN1. The van der Waals surface area contributed by atoms with E-state index in [4.69, 9.17) is 4.74 Å². The van der Waals surface area contributed by atoms with Crippen molar-refractivity contribution >= 4 is 17.8 Å². The third-order valence-electron chi connectivity index (χ3n) is 3.08. The van der Waals surface area contributed by atoms with E-state index in [1.165, 1.54) is 24.3 Å². The third-order valence-corrected chi connectivity index (χ3v) is 3.08. The molecule has 0 aromatic heterocycles. The number of nitrogens with one attached hydrogen (secondary N) is 1. The van der Waals surface area contributed by atoms with E-state index in [9.17, 15) is 24.8 Å². The van der Waals surface area contributed by atoms with Crippen molar-refractivity contribution in [1.82, 2.24) is 5.32 Å². The predicted octanol–water partition coefficient (Wildman–Crippen LogP) is 0.497. The van der Waals surface area contributed by atoms with Crippen molar-refractivity contribution in [2.75, 3.05) is 6.54 Å². The Hall–Kier alpha value is -2.52. The van der Waals surface area contributed by atoms with Gasteiger partial charge in [0.2, 0.25) is 0 Å². The molecule has 9 nitrogen and oxygen atoms in total. The molecular formula is C13H14N2O7. The molecule has 2 N–H and O–H groups in total. The third kappa shape index (κ3) is 4.24. The van der Waals surface area contributed by atoms with Crippen molar-refractivity contribution in [3.05, 3.63) is 39.9 Å². The summed E-state index contributed by atoms with van der Waals surface area (Å²) < 4.78 is 9.23. The lowest BCUT2D eigenvalue weighted by Gasteiger charge is -2.09. The number of hydrogen-bond acceptors (Lipinski definition) is 8. The predicted molar refractivity (Wildman–Crippen MR) is 71.8 cm³/mol. The van der Waals surface area contributed by atoms with E-state index in [1.807, 2.05) is 0 Å². The van der Waals surface area contributed by atoms with Gasteiger partial charge >= 0.3 is 12.1 Å². The lowest BCUT2D eigenvalue weighted by atomic mass is 10.2. The van der Waals surface area contributed by atoms with Crippen molar-refractivity contribution in [3.63, 3.8) is 0 Å². The lowest BCUT2D eigenvalue weighted by molar-refractivity contribution is -0.384. The van der Waals surface area contributed by atoms with Crippen molar-refractivity contribution in [2.45, 2.75) is 25.2 Å². The first kappa shape index (κ1) is 15.9. The Morgan fingerprint density at radius 2 is 2.05 bits per heavy atom. The zero-order valence-electron chi connectivity index (χ0n) is 11.4. The van der Waals surface area contributed by atoms with E-state index in [0.717, 1.165) is 0 Å². The highest BCUT2D eigenvalue weighted by Gasteiger charge is 2.31. The summed E-state index contributed by atoms with van der Waals surface area (Å²) in [5, 5.41) is 22.5. The fourth-order valence-electron chi connectivity index (χ4n) is 1.94. The Morgan fingerprint density at radius 3 is 2.59 bits per heavy atom. The van der Waals surface area contributed by atoms with Crippen LogP contribution in [0, 0.1) is 10.1 Å². The van der Waals surface area contributed by atoms with Gasteiger partial charge < -0.3 is 19.9 Å². The molecule has 0 bridgehead atoms. The average molecular weight is 310 g/mol. The average Bonchev–Trinajstić information content (AvgIpc) is 2.92. The Labute approximate surface area is 125 Å². The first-order chi connectivity index (χ1) is 10.5. The number of carbonyl (C=O) groups is 2. The van der Waals surface area contributed by atoms with Gasteiger partial charge in [-0.3, -0.25) is 10.1 Å². The number of ether oxygens (including phenoxy) is 2. The zero-order chi connectivity index (χ0) is 16.1. The van der Waals surface area contributed by atoms with Gasteiger partial charge in [-0.2, -0.15) is 0 Å². The van der Waals surface area contributed by atoms with Crippen LogP contribution in [-0.2, 0) is 20.9 Å². The molecule has 22 heavy (non-hydrogen) atoms. The van der Waals surface area contributed by atoms with Gasteiger partial charge in [0.1, 0.15) is 12.6 Å². The molecule has 0 aliphatic carbocycles. The van der Waals surface area contributed by atoms with Crippen molar-refractivity contribution in [1.29, 1.82) is 0 Å². The number of nitro benzene ring substituents is 1. The number of rotatable bonds is 4. The van der Waals surface area contributed by atoms with Gasteiger partial charge in [0.15, 0.2) is 0 Å². The summed E-state index contributed by atoms with van der Waals surface area (Å²) in [4.78, 5) is 32.9. The second kappa shape index (κ2) is 6.96. The molecular weight excluding hydrogens is 296 g/mol. The van der Waals surface area contributed by atoms with Gasteiger partial charge in [-0.1, -0.05) is 0 Å². The summed E-state index contributed by atoms with van der Waals surface area (Å²) >= 11 is 0. The molecule has 1 aliphatic heterocycles. The summed E-state index contributed by atoms with van der Waals surface area (Å²) in [7, 11) is 0. The molecule has 1 fully saturated rings. The Morgan fingerprint density at radius 1 is 1.36 bits per heavy atom. The molecule has 0 amide bonds. The Bertz CT molecular complexity index is 572. The van der Waals surface area contributed by atoms with E-state index in [0.29, 0.717) is 5.56 Å². The maximum absolute atomic E-state index is 11.6. The highest BCUT2D eigenvalue weighted by molar-refractivity contribution is 5.85. The second-order valence-corrected chi connectivity index (χ2v) is 4.73. The zero-order valence-corrected chi connectivity index (χ0v) is 11.4. The highest BCUT2D eigenvalue weighted by Crippen LogP contribution is 2.13. The molecule has 2 unspecified atom stereocenters. The smallest absolute Gasteiger partial charge is 0.429 e. The van der Waals surface area contributed by atoms with Crippen molar-refractivity contribution in [2.24, 2.45) is 0 Å². The molecule has 1 aliphatic rings. The molecule has 1 aromatic carbocycles. The number of benzene rings is 1. The van der Waals surface area contributed by atoms with Gasteiger partial charge in [-0.25, -0.2) is 9.59 Å². The van der Waals surface area contributed by atoms with E-state index in [1.54, 1.807) is 0 Å². The van der Waals surface area contributed by atoms with Crippen LogP contribution in [0.15, 0.2) is 24.3 Å². The van der Waals surface area contributed by atoms with Gasteiger partial charge in [0.05, 0.1) is 11.0 Å². The highest BCUT2D eigenvalue weighted by atomic mass is 16.7. The summed E-state index contributed by atoms with van der Waals surface area (Å²) in [6.45, 7) is 0.0858. The molecule has 1 saturated heterocycles. The normalized spacial score (nSPS) is 20.4. The number of hydrogen-bond donors (Lipinski definition) is 2. The topological polar surface area (TPSA) is 128 Å². The van der Waals surface area contributed by atoms with Crippen LogP contribution < -0.4 is 5.32 Å². The molecule has 1 aromatic rings. The molecule has 0 saturated carbocycles. The van der Waals surface area contributed by atoms with E-state index >= 15 is 0 Å². The Balaban J connectivity index is 1.77. The Kier molecular flexibility index (Phi) is 5.02. The van der Waals surface area contributed by atoms with Crippen LogP contribution >= 0.6 is 0 Å². The standard InChI is InChI=1S/C13H14N2O7/c16-10-5-11(14-6-10)12(17)22-13(18)21-7-8-1-3-9(4-2-8)15(19)20/h1-4,10-11,14,16H,5-7H2. The summed E-state index contributed by atoms with van der Waals surface area (Å²) in [6, 6.07) is 4.68. The molecule has 0 spiro atoms. The number of aliphatic hydroxyl groups excluding tert-OH is 1. The number of β-amino-alcohol motifs (C(OH)–C–C–N with tert-alkyl or cyclic N) is 1. The minimum absolute atomic E-state index is 0.0765. The molecule has 1 heterocycles. The van der Waals surface area contributed by atoms with Gasteiger partial charge in [-0.15, -0.1) is 0 Å². The van der Waals surface area contributed by atoms with Crippen molar-refractivity contribution < 1.29 is 29.1 Å². The quantitative estimate of drug-likeness (QED) is 0.356. The number of esters is 1. The van der Waals surface area contributed by atoms with Crippen LogP contribution in [0.1, 0.15) is 12.0 Å². The van der Waals surface area contributed by atoms with Gasteiger partial charge in [-0.05, 0) is 17.7 Å². The largest absolute Gasteiger partial charge is 0.516 e. The van der Waals surface area contributed by atoms with Crippen LogP contribution in [0.5, 0.6) is 0 Å². The van der Waals surface area contributed by atoms with Crippen LogP contribution in [-0.4, -0.2) is 40.8 Å². The fourth-order valence-corrected chi connectivity index (χ4v) is 1.94. The summed E-state index contributed by atoms with van der Waals surface area (Å²) in [6.07, 6.45) is -1.63. The lowest BCUT2D eigenvalue weighted by Crippen LogP contribution is -2.33. The van der Waals surface area contributed by atoms with E-state index < -0.39 is 29.2 Å². The molecule has 118 valence electrons. The van der Waals surface area contributed by atoms with Crippen LogP contribution in [0.3, 0.4) is 0 Å². The second-order valence-electron chi connectivity index (χ2n) is 4.73. The number of nitrogens with zero attached hydrogens (tertiary/aromatic N) is 1. The van der Waals surface area contributed by atoms with Crippen LogP contribution in [0.2, 0.25) is 0 Å². The van der Waals surface area contributed by atoms with Crippen molar-refractivity contribution in [3.8, 4) is 0 Å². The molecule has 0 radical (unpaired) electrons. The van der Waals surface area contributed by atoms with Gasteiger partial charge in [0.25, 0.3) is 5.69 Å². The van der Waals surface area contributed by atoms with Crippen LogP contribution in [0.4, 0.5) is 10.5 Å². The fraction of sp³-hybridized carbons (Fsp3) is 0.385. The molecule has 2 atom stereocenters. The number of aliphatic hydroxyl groups is 1. The monoisotopic (exact) mass is 310 g/mol. The molecule has 9 heteroatoms. The van der Waals surface area contributed by atoms with Gasteiger partial charge in [0, 0.05) is 25.1 Å². The first-order valence-electron chi connectivity index (χ1n) is 6.49. The minimum atomic E-state index is -1.16. The van der Waals surface area contributed by atoms with E-state index in [-0.39, 0.29) is 25.3 Å².